The average molecular weight is 363 g/mol. The number of esters is 1. The summed E-state index contributed by atoms with van der Waals surface area (Å²) in [5, 5.41) is 0. The highest BCUT2D eigenvalue weighted by atomic mass is 79.9. The molecule has 0 spiro atoms. The minimum atomic E-state index is -0.429. The Morgan fingerprint density at radius 2 is 1.86 bits per heavy atom. The molecule has 0 aliphatic heterocycles. The van der Waals surface area contributed by atoms with E-state index in [1.165, 1.54) is 5.56 Å². The fraction of sp³-hybridized carbons (Fsp3) is 0.278. The number of halogens is 1. The summed E-state index contributed by atoms with van der Waals surface area (Å²) in [5.74, 6) is 1.02. The summed E-state index contributed by atoms with van der Waals surface area (Å²) in [6, 6.07) is 12.8. The third-order valence-corrected chi connectivity index (χ3v) is 3.85. The molecule has 0 heterocycles. The molecule has 0 aromatic heterocycles. The molecule has 0 aliphatic rings. The lowest BCUT2D eigenvalue weighted by Gasteiger charge is -2.12. The van der Waals surface area contributed by atoms with Crippen LogP contribution in [0.25, 0.3) is 0 Å². The van der Waals surface area contributed by atoms with Crippen LogP contribution in [0.15, 0.2) is 46.9 Å². The zero-order valence-corrected chi connectivity index (χ0v) is 14.5. The molecule has 0 saturated carbocycles. The van der Waals surface area contributed by atoms with Gasteiger partial charge < -0.3 is 9.47 Å². The van der Waals surface area contributed by atoms with Crippen LogP contribution in [0.4, 0.5) is 0 Å². The first-order valence-corrected chi connectivity index (χ1v) is 8.05. The van der Waals surface area contributed by atoms with Crippen LogP contribution in [0.1, 0.15) is 42.6 Å². The van der Waals surface area contributed by atoms with Gasteiger partial charge in [-0.1, -0.05) is 32.0 Å². The van der Waals surface area contributed by atoms with Crippen molar-refractivity contribution >= 4 is 21.9 Å². The van der Waals surface area contributed by atoms with Crippen molar-refractivity contribution in [2.24, 2.45) is 0 Å². The van der Waals surface area contributed by atoms with Crippen molar-refractivity contribution in [1.82, 2.24) is 0 Å². The minimum absolute atomic E-state index is 0.416. The molecule has 22 heavy (non-hydrogen) atoms. The zero-order valence-electron chi connectivity index (χ0n) is 12.9. The first-order chi connectivity index (χ1) is 10.5. The molecule has 0 amide bonds. The summed E-state index contributed by atoms with van der Waals surface area (Å²) in [5.41, 5.74) is 1.60. The van der Waals surface area contributed by atoms with Gasteiger partial charge in [0.05, 0.1) is 11.1 Å². The van der Waals surface area contributed by atoms with E-state index >= 15 is 0 Å². The molecule has 0 radical (unpaired) electrons. The van der Waals surface area contributed by atoms with Gasteiger partial charge in [0.2, 0.25) is 0 Å². The molecule has 0 atom stereocenters. The average Bonchev–Trinajstić information content (AvgIpc) is 2.50. The quantitative estimate of drug-likeness (QED) is 0.542. The van der Waals surface area contributed by atoms with Gasteiger partial charge >= 0.3 is 5.97 Å². The molecular weight excluding hydrogens is 344 g/mol. The summed E-state index contributed by atoms with van der Waals surface area (Å²) in [4.78, 5) is 12.4. The number of hydrogen-bond acceptors (Lipinski definition) is 3. The van der Waals surface area contributed by atoms with E-state index in [-0.39, 0.29) is 0 Å². The Bertz CT molecular complexity index is 665. The van der Waals surface area contributed by atoms with E-state index in [0.29, 0.717) is 29.6 Å². The highest BCUT2D eigenvalue weighted by Gasteiger charge is 2.16. The second-order valence-corrected chi connectivity index (χ2v) is 6.02. The normalized spacial score (nSPS) is 10.6. The molecule has 0 unspecified atom stereocenters. The van der Waals surface area contributed by atoms with Gasteiger partial charge in [-0.05, 0) is 58.6 Å². The summed E-state index contributed by atoms with van der Waals surface area (Å²) in [6.07, 6.45) is 0. The SMILES string of the molecule is CCOc1ccccc1C(=O)Oc1ccc(C(C)C)cc1Br. The van der Waals surface area contributed by atoms with Crippen molar-refractivity contribution in [3.05, 3.63) is 58.1 Å². The smallest absolute Gasteiger partial charge is 0.347 e. The Labute approximate surface area is 139 Å². The molecule has 0 saturated heterocycles. The summed E-state index contributed by atoms with van der Waals surface area (Å²) in [6.45, 7) is 6.61. The number of ether oxygens (including phenoxy) is 2. The number of rotatable bonds is 5. The van der Waals surface area contributed by atoms with Crippen LogP contribution < -0.4 is 9.47 Å². The van der Waals surface area contributed by atoms with Crippen LogP contribution in [-0.2, 0) is 0 Å². The van der Waals surface area contributed by atoms with Crippen LogP contribution in [0.2, 0.25) is 0 Å². The van der Waals surface area contributed by atoms with Gasteiger partial charge in [0, 0.05) is 0 Å². The predicted octanol–water partition coefficient (Wildman–Crippen LogP) is 5.19. The van der Waals surface area contributed by atoms with E-state index in [2.05, 4.69) is 29.8 Å². The van der Waals surface area contributed by atoms with E-state index in [0.717, 1.165) is 4.47 Å². The van der Waals surface area contributed by atoms with Crippen molar-refractivity contribution < 1.29 is 14.3 Å². The van der Waals surface area contributed by atoms with E-state index in [4.69, 9.17) is 9.47 Å². The number of benzene rings is 2. The maximum Gasteiger partial charge on any atom is 0.347 e. The van der Waals surface area contributed by atoms with Gasteiger partial charge in [0.15, 0.2) is 0 Å². The first kappa shape index (κ1) is 16.6. The standard InChI is InChI=1S/C18H19BrO3/c1-4-21-16-8-6-5-7-14(16)18(20)22-17-10-9-13(12(2)3)11-15(17)19/h5-12H,4H2,1-3H3. The van der Waals surface area contributed by atoms with Gasteiger partial charge in [-0.3, -0.25) is 0 Å². The van der Waals surface area contributed by atoms with Gasteiger partial charge in [-0.15, -0.1) is 0 Å². The van der Waals surface area contributed by atoms with Crippen LogP contribution in [0.3, 0.4) is 0 Å². The number of carbonyl (C=O) groups excluding carboxylic acids is 1. The van der Waals surface area contributed by atoms with Crippen LogP contribution in [-0.4, -0.2) is 12.6 Å². The van der Waals surface area contributed by atoms with Crippen molar-refractivity contribution in [3.8, 4) is 11.5 Å². The molecule has 2 aromatic rings. The summed E-state index contributed by atoms with van der Waals surface area (Å²) >= 11 is 3.46. The third-order valence-electron chi connectivity index (χ3n) is 3.23. The van der Waals surface area contributed by atoms with Crippen LogP contribution >= 0.6 is 15.9 Å². The summed E-state index contributed by atoms with van der Waals surface area (Å²) in [7, 11) is 0. The van der Waals surface area contributed by atoms with Crippen molar-refractivity contribution in [1.29, 1.82) is 0 Å². The molecule has 0 N–H and O–H groups in total. The lowest BCUT2D eigenvalue weighted by molar-refractivity contribution is 0.0729. The molecule has 0 fully saturated rings. The van der Waals surface area contributed by atoms with Gasteiger partial charge in [0.1, 0.15) is 17.1 Å². The van der Waals surface area contributed by atoms with E-state index in [1.54, 1.807) is 24.3 Å². The summed E-state index contributed by atoms with van der Waals surface area (Å²) < 4.78 is 11.7. The fourth-order valence-electron chi connectivity index (χ4n) is 2.03. The highest BCUT2D eigenvalue weighted by molar-refractivity contribution is 9.10. The number of carbonyl (C=O) groups is 1. The van der Waals surface area contributed by atoms with E-state index in [9.17, 15) is 4.79 Å². The number of hydrogen-bond donors (Lipinski definition) is 0. The maximum atomic E-state index is 12.4. The van der Waals surface area contributed by atoms with Gasteiger partial charge in [-0.2, -0.15) is 0 Å². The minimum Gasteiger partial charge on any atom is -0.493 e. The van der Waals surface area contributed by atoms with E-state index in [1.807, 2.05) is 25.1 Å². The molecule has 3 nitrogen and oxygen atoms in total. The highest BCUT2D eigenvalue weighted by Crippen LogP contribution is 2.30. The molecule has 2 aromatic carbocycles. The largest absolute Gasteiger partial charge is 0.493 e. The molecular formula is C18H19BrO3. The number of para-hydroxylation sites is 1. The van der Waals surface area contributed by atoms with Gasteiger partial charge in [-0.25, -0.2) is 4.79 Å². The Morgan fingerprint density at radius 1 is 1.14 bits per heavy atom. The lowest BCUT2D eigenvalue weighted by atomic mass is 10.0. The molecule has 2 rings (SSSR count). The molecule has 0 bridgehead atoms. The molecule has 116 valence electrons. The zero-order chi connectivity index (χ0) is 16.1. The Balaban J connectivity index is 2.22. The van der Waals surface area contributed by atoms with E-state index < -0.39 is 5.97 Å². The third kappa shape index (κ3) is 3.89. The first-order valence-electron chi connectivity index (χ1n) is 7.26. The van der Waals surface area contributed by atoms with Gasteiger partial charge in [0.25, 0.3) is 0 Å². The van der Waals surface area contributed by atoms with Crippen LogP contribution in [0.5, 0.6) is 11.5 Å². The second-order valence-electron chi connectivity index (χ2n) is 5.16. The molecule has 0 aliphatic carbocycles. The van der Waals surface area contributed by atoms with Crippen molar-refractivity contribution in [3.63, 3.8) is 0 Å². The monoisotopic (exact) mass is 362 g/mol. The Morgan fingerprint density at radius 3 is 2.50 bits per heavy atom. The van der Waals surface area contributed by atoms with Crippen molar-refractivity contribution in [2.45, 2.75) is 26.7 Å². The second kappa shape index (κ2) is 7.45. The topological polar surface area (TPSA) is 35.5 Å². The molecule has 4 heteroatoms. The Hall–Kier alpha value is -1.81. The van der Waals surface area contributed by atoms with Crippen molar-refractivity contribution in [2.75, 3.05) is 6.61 Å². The lowest BCUT2D eigenvalue weighted by Crippen LogP contribution is -2.11. The maximum absolute atomic E-state index is 12.4. The van der Waals surface area contributed by atoms with Crippen LogP contribution in [0, 0.1) is 0 Å². The Kier molecular flexibility index (Phi) is 5.61. The fourth-order valence-corrected chi connectivity index (χ4v) is 2.51. The predicted molar refractivity (Wildman–Crippen MR) is 90.8 cm³/mol.